The second-order valence-corrected chi connectivity index (χ2v) is 5.46. The van der Waals surface area contributed by atoms with Crippen molar-refractivity contribution < 1.29 is 32.7 Å². The molecule has 1 radical (unpaired) electrons. The van der Waals surface area contributed by atoms with E-state index in [-0.39, 0.29) is 40.1 Å². The van der Waals surface area contributed by atoms with Crippen LogP contribution in [0.3, 0.4) is 0 Å². The molecule has 0 unspecified atom stereocenters. The first kappa shape index (κ1) is 16.2. The summed E-state index contributed by atoms with van der Waals surface area (Å²) in [6, 6.07) is 0. The molecule has 0 amide bonds. The minimum Gasteiger partial charge on any atom is -0.358 e. The summed E-state index contributed by atoms with van der Waals surface area (Å²) in [5.74, 6) is 0. The van der Waals surface area contributed by atoms with Crippen molar-refractivity contribution in [3.8, 4) is 0 Å². The number of hydrogen-bond acceptors (Lipinski definition) is 1. The van der Waals surface area contributed by atoms with Gasteiger partial charge < -0.3 is 12.2 Å². The van der Waals surface area contributed by atoms with Gasteiger partial charge in [-0.3, -0.25) is 6.66 Å². The zero-order valence-electron chi connectivity index (χ0n) is 6.18. The zero-order valence-corrected chi connectivity index (χ0v) is 9.91. The molecule has 0 aromatic rings. The maximum absolute atomic E-state index is 4.02. The van der Waals surface area contributed by atoms with E-state index in [1.807, 2.05) is 7.05 Å². The van der Waals surface area contributed by atoms with E-state index in [1.165, 1.54) is 0 Å². The van der Waals surface area contributed by atoms with Gasteiger partial charge in [-0.15, -0.1) is 0 Å². The van der Waals surface area contributed by atoms with Crippen LogP contribution < -0.4 is 0 Å². The molecule has 0 fully saturated rings. The molecule has 0 aromatic heterocycles. The van der Waals surface area contributed by atoms with E-state index in [2.05, 4.69) is 24.7 Å². The second kappa shape index (κ2) is 6.45. The Morgan fingerprint density at radius 3 is 1.50 bits per heavy atom. The third kappa shape index (κ3) is 15.7. The molecule has 3 heteroatoms. The van der Waals surface area contributed by atoms with Crippen molar-refractivity contribution >= 4 is 7.05 Å². The summed E-state index contributed by atoms with van der Waals surface area (Å²) in [5, 5.41) is 0. The van der Waals surface area contributed by atoms with Crippen molar-refractivity contribution in [2.45, 2.75) is 0 Å². The van der Waals surface area contributed by atoms with Gasteiger partial charge in [0, 0.05) is 39.8 Å². The quantitative estimate of drug-likeness (QED) is 0.428. The van der Waals surface area contributed by atoms with Crippen LogP contribution in [0.1, 0.15) is 0 Å². The number of rotatable bonds is 0. The molecule has 0 aliphatic carbocycles. The Kier molecular flexibility index (Phi) is 13.0. The molecule has 0 aliphatic rings. The first-order valence-electron chi connectivity index (χ1n) is 1.86. The van der Waals surface area contributed by atoms with Crippen LogP contribution >= 0.6 is 7.05 Å². The first-order chi connectivity index (χ1) is 2.56. The largest absolute Gasteiger partial charge is 0.358 e. The minimum absolute atomic E-state index is 0. The fourth-order valence-corrected chi connectivity index (χ4v) is 0. The smallest absolute Gasteiger partial charge is 0.0231 e. The van der Waals surface area contributed by atoms with Crippen LogP contribution in [0, 0.1) is 14.1 Å². The topological polar surface area (TPSA) is 12.4 Å². The number of nitrogens with zero attached hydrogens (tertiary/aromatic N) is 1. The van der Waals surface area contributed by atoms with Crippen LogP contribution in [0.15, 0.2) is 4.74 Å². The van der Waals surface area contributed by atoms with Crippen LogP contribution in [0.25, 0.3) is 0 Å². The third-order valence-electron chi connectivity index (χ3n) is 0.541. The maximum atomic E-state index is 4.02. The summed E-state index contributed by atoms with van der Waals surface area (Å²) < 4.78 is 4.02. The second-order valence-electron chi connectivity index (χ2n) is 1.82. The Balaban J connectivity index is -0.000000125. The normalized spacial score (nSPS) is 8.50. The molecule has 0 rings (SSSR count). The molecule has 8 heavy (non-hydrogen) atoms. The summed E-state index contributed by atoms with van der Waals surface area (Å²) in [4.78, 5) is 0. The van der Waals surface area contributed by atoms with Crippen molar-refractivity contribution in [1.29, 1.82) is 0 Å². The summed E-state index contributed by atoms with van der Waals surface area (Å²) in [7, 11) is 0.799. The monoisotopic (exact) mass is 208 g/mol. The van der Waals surface area contributed by atoms with Crippen molar-refractivity contribution in [3.05, 3.63) is 14.1 Å². The van der Waals surface area contributed by atoms with Gasteiger partial charge in [-0.1, -0.05) is 13.3 Å². The molecule has 0 saturated heterocycles. The summed E-state index contributed by atoms with van der Waals surface area (Å²) in [6.45, 7) is 7.99. The Bertz CT molecular complexity index is 76.2. The van der Waals surface area contributed by atoms with E-state index >= 15 is 0 Å². The zero-order chi connectivity index (χ0) is 5.21. The van der Waals surface area contributed by atoms with Gasteiger partial charge in [0.05, 0.1) is 0 Å². The van der Waals surface area contributed by atoms with Gasteiger partial charge in [-0.05, 0) is 0 Å². The molecule has 0 aromatic carbocycles. The Morgan fingerprint density at radius 1 is 1.38 bits per heavy atom. The molecule has 0 saturated carbocycles. The molecule has 0 atom stereocenters. The molecule has 0 aliphatic heterocycles. The Hall–Kier alpha value is 1.33. The van der Waals surface area contributed by atoms with Gasteiger partial charge in [0.2, 0.25) is 0 Å². The van der Waals surface area contributed by atoms with Gasteiger partial charge in [-0.2, -0.15) is 7.05 Å². The van der Waals surface area contributed by atoms with Gasteiger partial charge >= 0.3 is 0 Å². The predicted octanol–water partition coefficient (Wildman–Crippen LogP) is 2.32. The molecular formula is C5H14NPY-2. The van der Waals surface area contributed by atoms with E-state index in [1.54, 1.807) is 0 Å². The van der Waals surface area contributed by atoms with Crippen LogP contribution in [-0.4, -0.2) is 20.4 Å². The van der Waals surface area contributed by atoms with Crippen molar-refractivity contribution in [2.24, 2.45) is 4.74 Å². The van der Waals surface area contributed by atoms with Gasteiger partial charge in [-0.25, -0.2) is 0 Å². The van der Waals surface area contributed by atoms with Crippen molar-refractivity contribution in [3.63, 3.8) is 0 Å². The van der Waals surface area contributed by atoms with Crippen molar-refractivity contribution in [2.75, 3.05) is 20.4 Å². The average molecular weight is 208 g/mol. The van der Waals surface area contributed by atoms with E-state index in [9.17, 15) is 0 Å². The van der Waals surface area contributed by atoms with Gasteiger partial charge in [0.15, 0.2) is 0 Å². The maximum Gasteiger partial charge on any atom is 0.0231 e. The molecule has 0 spiro atoms. The summed E-state index contributed by atoms with van der Waals surface area (Å²) in [5.41, 5.74) is 0. The van der Waals surface area contributed by atoms with Crippen LogP contribution in [0.4, 0.5) is 0 Å². The van der Waals surface area contributed by atoms with E-state index in [0.717, 1.165) is 0 Å². The predicted molar refractivity (Wildman–Crippen MR) is 38.9 cm³/mol. The molecule has 0 bridgehead atoms. The molecule has 0 heterocycles. The summed E-state index contributed by atoms with van der Waals surface area (Å²) in [6.07, 6.45) is 0. The molecule has 1 nitrogen and oxygen atoms in total. The van der Waals surface area contributed by atoms with E-state index in [0.29, 0.717) is 0 Å². The molecule has 0 N–H and O–H groups in total. The van der Waals surface area contributed by atoms with E-state index < -0.39 is 7.05 Å². The Morgan fingerprint density at radius 2 is 1.50 bits per heavy atom. The van der Waals surface area contributed by atoms with Crippen LogP contribution in [0.2, 0.25) is 0 Å². The van der Waals surface area contributed by atoms with Gasteiger partial charge in [0.25, 0.3) is 0 Å². The first-order valence-corrected chi connectivity index (χ1v) is 4.68. The minimum atomic E-state index is -1.02. The average Bonchev–Trinajstić information content (AvgIpc) is 1.35. The van der Waals surface area contributed by atoms with Gasteiger partial charge in [0.1, 0.15) is 0 Å². The fraction of sp³-hybridized carbons (Fsp3) is 0.600. The third-order valence-corrected chi connectivity index (χ3v) is 1.62. The van der Waals surface area contributed by atoms with Crippen LogP contribution in [0.5, 0.6) is 0 Å². The summed E-state index contributed by atoms with van der Waals surface area (Å²) >= 11 is 0. The van der Waals surface area contributed by atoms with E-state index in [4.69, 9.17) is 0 Å². The van der Waals surface area contributed by atoms with Crippen LogP contribution in [-0.2, 0) is 32.7 Å². The molecule has 49 valence electrons. The molecular weight excluding hydrogens is 194 g/mol. The Labute approximate surface area is 78.6 Å². The SMILES string of the molecule is [CH2-]P(C)(C)=NC.[CH3-].[Y]. The fourth-order valence-electron chi connectivity index (χ4n) is 0. The standard InChI is InChI=1S/C4H11NP.CH3.Y/c1-5-6(2,3)4;;/h2H2,1,3-4H3;1H3;/q2*-1;. The van der Waals surface area contributed by atoms with Crippen molar-refractivity contribution in [1.82, 2.24) is 0 Å². The number of hydrogen-bond donors (Lipinski definition) is 0.